The van der Waals surface area contributed by atoms with Crippen LogP contribution in [-0.4, -0.2) is 19.0 Å². The Morgan fingerprint density at radius 3 is 2.11 bits per heavy atom. The van der Waals surface area contributed by atoms with Gasteiger partial charge in [0.1, 0.15) is 0 Å². The average Bonchev–Trinajstić information content (AvgIpc) is 2.37. The number of hydrogen-bond donors (Lipinski definition) is 2. The number of nitrogens with one attached hydrogen (secondary N) is 1. The summed E-state index contributed by atoms with van der Waals surface area (Å²) >= 11 is 0. The first-order valence-corrected chi connectivity index (χ1v) is 7.78. The van der Waals surface area contributed by atoms with Crippen molar-refractivity contribution >= 4 is 5.91 Å². The van der Waals surface area contributed by atoms with E-state index in [4.69, 9.17) is 5.73 Å². The maximum Gasteiger partial charge on any atom is 0.217 e. The van der Waals surface area contributed by atoms with Crippen molar-refractivity contribution in [1.29, 1.82) is 0 Å². The van der Waals surface area contributed by atoms with E-state index in [1.165, 1.54) is 64.5 Å². The molecule has 0 atom stereocenters. The topological polar surface area (TPSA) is 55.1 Å². The normalized spacial score (nSPS) is 16.9. The van der Waals surface area contributed by atoms with Gasteiger partial charge in [-0.3, -0.25) is 4.79 Å². The number of unbranched alkanes of at least 4 members (excludes halogenated alkanes) is 6. The summed E-state index contributed by atoms with van der Waals surface area (Å²) in [5.74, 6) is 0.832. The zero-order chi connectivity index (χ0) is 13.1. The number of carbonyl (C=O) groups is 1. The Hall–Kier alpha value is -0.570. The fraction of sp³-hybridized carbons (Fsp3) is 0.933. The van der Waals surface area contributed by atoms with E-state index in [1.807, 2.05) is 0 Å². The van der Waals surface area contributed by atoms with Gasteiger partial charge in [0.2, 0.25) is 5.91 Å². The Balaban J connectivity index is 1.76. The van der Waals surface area contributed by atoms with Crippen LogP contribution < -0.4 is 11.1 Å². The molecule has 0 saturated carbocycles. The van der Waals surface area contributed by atoms with Crippen LogP contribution in [0.1, 0.15) is 70.6 Å². The van der Waals surface area contributed by atoms with Gasteiger partial charge >= 0.3 is 0 Å². The first-order valence-electron chi connectivity index (χ1n) is 7.78. The van der Waals surface area contributed by atoms with Gasteiger partial charge in [0, 0.05) is 6.42 Å². The fourth-order valence-electron chi connectivity index (χ4n) is 2.79. The molecule has 18 heavy (non-hydrogen) atoms. The molecule has 0 aliphatic carbocycles. The van der Waals surface area contributed by atoms with Crippen LogP contribution in [0.4, 0.5) is 0 Å². The monoisotopic (exact) mass is 254 g/mol. The van der Waals surface area contributed by atoms with Crippen molar-refractivity contribution in [3.63, 3.8) is 0 Å². The van der Waals surface area contributed by atoms with Crippen molar-refractivity contribution in [1.82, 2.24) is 5.32 Å². The lowest BCUT2D eigenvalue weighted by molar-refractivity contribution is -0.118. The Morgan fingerprint density at radius 1 is 0.944 bits per heavy atom. The van der Waals surface area contributed by atoms with E-state index in [2.05, 4.69) is 5.32 Å². The summed E-state index contributed by atoms with van der Waals surface area (Å²) in [6.45, 7) is 2.45. The summed E-state index contributed by atoms with van der Waals surface area (Å²) in [7, 11) is 0. The minimum absolute atomic E-state index is 0.156. The lowest BCUT2D eigenvalue weighted by atomic mass is 9.92. The van der Waals surface area contributed by atoms with Crippen LogP contribution in [0.25, 0.3) is 0 Å². The molecule has 1 rings (SSSR count). The first-order chi connectivity index (χ1) is 8.79. The first kappa shape index (κ1) is 15.5. The predicted molar refractivity (Wildman–Crippen MR) is 76.3 cm³/mol. The molecule has 0 aromatic carbocycles. The van der Waals surface area contributed by atoms with Gasteiger partial charge in [-0.05, 0) is 38.3 Å². The highest BCUT2D eigenvalue weighted by molar-refractivity contribution is 5.73. The average molecular weight is 254 g/mol. The molecule has 1 amide bonds. The van der Waals surface area contributed by atoms with Crippen molar-refractivity contribution in [3.05, 3.63) is 0 Å². The maximum absolute atomic E-state index is 10.5. The molecule has 0 bridgehead atoms. The lowest BCUT2D eigenvalue weighted by Crippen LogP contribution is -2.27. The number of carbonyl (C=O) groups excluding carboxylic acids is 1. The van der Waals surface area contributed by atoms with Gasteiger partial charge in [0.25, 0.3) is 0 Å². The standard InChI is InChI=1S/C15H30N2O/c16-15(18)9-7-5-3-1-2-4-6-8-14-10-12-17-13-11-14/h14,17H,1-13H2,(H2,16,18). The fourth-order valence-corrected chi connectivity index (χ4v) is 2.79. The smallest absolute Gasteiger partial charge is 0.217 e. The molecule has 0 unspecified atom stereocenters. The van der Waals surface area contributed by atoms with Crippen LogP contribution in [0.5, 0.6) is 0 Å². The summed E-state index contributed by atoms with van der Waals surface area (Å²) in [6.07, 6.45) is 13.7. The van der Waals surface area contributed by atoms with Crippen LogP contribution >= 0.6 is 0 Å². The molecule has 1 saturated heterocycles. The summed E-state index contributed by atoms with van der Waals surface area (Å²) in [5, 5.41) is 3.42. The molecule has 106 valence electrons. The second-order valence-corrected chi connectivity index (χ2v) is 5.67. The van der Waals surface area contributed by atoms with Gasteiger partial charge in [-0.1, -0.05) is 44.9 Å². The molecule has 0 aromatic rings. The van der Waals surface area contributed by atoms with Crippen LogP contribution in [-0.2, 0) is 4.79 Å². The summed E-state index contributed by atoms with van der Waals surface area (Å²) in [5.41, 5.74) is 5.10. The molecule has 0 aromatic heterocycles. The highest BCUT2D eigenvalue weighted by Gasteiger charge is 2.11. The van der Waals surface area contributed by atoms with E-state index in [9.17, 15) is 4.79 Å². The predicted octanol–water partition coefficient (Wildman–Crippen LogP) is 2.98. The van der Waals surface area contributed by atoms with E-state index in [0.29, 0.717) is 6.42 Å². The molecule has 0 spiro atoms. The van der Waals surface area contributed by atoms with Gasteiger partial charge in [-0.2, -0.15) is 0 Å². The maximum atomic E-state index is 10.5. The number of amides is 1. The number of hydrogen-bond acceptors (Lipinski definition) is 2. The molecule has 1 aliphatic heterocycles. The Bertz CT molecular complexity index is 213. The quantitative estimate of drug-likeness (QED) is 0.589. The highest BCUT2D eigenvalue weighted by Crippen LogP contribution is 2.20. The van der Waals surface area contributed by atoms with Crippen molar-refractivity contribution in [2.45, 2.75) is 70.6 Å². The third-order valence-electron chi connectivity index (χ3n) is 3.99. The number of piperidine rings is 1. The molecule has 0 radical (unpaired) electrons. The Kier molecular flexibility index (Phi) is 8.92. The van der Waals surface area contributed by atoms with E-state index < -0.39 is 0 Å². The third kappa shape index (κ3) is 8.51. The second-order valence-electron chi connectivity index (χ2n) is 5.67. The van der Waals surface area contributed by atoms with Gasteiger partial charge in [-0.25, -0.2) is 0 Å². The molecule has 3 nitrogen and oxygen atoms in total. The number of primary amides is 1. The largest absolute Gasteiger partial charge is 0.370 e. The van der Waals surface area contributed by atoms with E-state index in [-0.39, 0.29) is 5.91 Å². The Morgan fingerprint density at radius 2 is 1.50 bits per heavy atom. The van der Waals surface area contributed by atoms with E-state index >= 15 is 0 Å². The molecular formula is C15H30N2O. The number of nitrogens with two attached hydrogens (primary N) is 1. The molecule has 1 heterocycles. The van der Waals surface area contributed by atoms with Crippen LogP contribution in [0.2, 0.25) is 0 Å². The van der Waals surface area contributed by atoms with Crippen molar-refractivity contribution in [2.24, 2.45) is 11.7 Å². The van der Waals surface area contributed by atoms with Gasteiger partial charge in [0.05, 0.1) is 0 Å². The highest BCUT2D eigenvalue weighted by atomic mass is 16.1. The van der Waals surface area contributed by atoms with Crippen molar-refractivity contribution in [2.75, 3.05) is 13.1 Å². The zero-order valence-electron chi connectivity index (χ0n) is 11.8. The Labute approximate surface area is 112 Å². The zero-order valence-corrected chi connectivity index (χ0v) is 11.8. The molecule has 1 fully saturated rings. The minimum atomic E-state index is -0.156. The third-order valence-corrected chi connectivity index (χ3v) is 3.99. The van der Waals surface area contributed by atoms with E-state index in [1.54, 1.807) is 0 Å². The summed E-state index contributed by atoms with van der Waals surface area (Å²) < 4.78 is 0. The van der Waals surface area contributed by atoms with Gasteiger partial charge < -0.3 is 11.1 Å². The van der Waals surface area contributed by atoms with Crippen molar-refractivity contribution in [3.8, 4) is 0 Å². The summed E-state index contributed by atoms with van der Waals surface area (Å²) in [6, 6.07) is 0. The minimum Gasteiger partial charge on any atom is -0.370 e. The van der Waals surface area contributed by atoms with E-state index in [0.717, 1.165) is 18.8 Å². The summed E-state index contributed by atoms with van der Waals surface area (Å²) in [4.78, 5) is 10.5. The molecular weight excluding hydrogens is 224 g/mol. The molecule has 3 heteroatoms. The molecule has 1 aliphatic rings. The van der Waals surface area contributed by atoms with Crippen molar-refractivity contribution < 1.29 is 4.79 Å². The van der Waals surface area contributed by atoms with Crippen LogP contribution in [0.3, 0.4) is 0 Å². The van der Waals surface area contributed by atoms with Gasteiger partial charge in [-0.15, -0.1) is 0 Å². The SMILES string of the molecule is NC(=O)CCCCCCCCCC1CCNCC1. The lowest BCUT2D eigenvalue weighted by Gasteiger charge is -2.22. The number of rotatable bonds is 10. The molecule has 3 N–H and O–H groups in total. The van der Waals surface area contributed by atoms with Crippen LogP contribution in [0.15, 0.2) is 0 Å². The second kappa shape index (κ2) is 10.4. The van der Waals surface area contributed by atoms with Gasteiger partial charge in [0.15, 0.2) is 0 Å². The van der Waals surface area contributed by atoms with Crippen LogP contribution in [0, 0.1) is 5.92 Å².